The Bertz CT molecular complexity index is 1160. The van der Waals surface area contributed by atoms with Crippen molar-refractivity contribution < 1.29 is 14.3 Å². The maximum absolute atomic E-state index is 12.4. The van der Waals surface area contributed by atoms with E-state index in [0.717, 1.165) is 35.1 Å². The maximum Gasteiger partial charge on any atom is 0.363 e. The molecule has 4 nitrogen and oxygen atoms in total. The Labute approximate surface area is 208 Å². The van der Waals surface area contributed by atoms with Gasteiger partial charge < -0.3 is 9.47 Å². The molecule has 4 rings (SSSR count). The minimum atomic E-state index is -0.449. The van der Waals surface area contributed by atoms with Crippen LogP contribution in [0.1, 0.15) is 25.0 Å². The number of carbonyl (C=O) groups is 1. The summed E-state index contributed by atoms with van der Waals surface area (Å²) in [6, 6.07) is 21.9. The summed E-state index contributed by atoms with van der Waals surface area (Å²) < 4.78 is 13.3. The number of rotatable bonds is 5. The lowest BCUT2D eigenvalue weighted by Crippen LogP contribution is -2.08. The Morgan fingerprint density at radius 2 is 1.48 bits per heavy atom. The molecule has 1 heterocycles. The molecule has 0 radical (unpaired) electrons. The number of hydrogen-bond donors (Lipinski definition) is 0. The van der Waals surface area contributed by atoms with Crippen LogP contribution in [0.3, 0.4) is 0 Å². The molecule has 1 aliphatic heterocycles. The van der Waals surface area contributed by atoms with Crippen LogP contribution in [-0.4, -0.2) is 18.0 Å². The van der Waals surface area contributed by atoms with Crippen LogP contribution in [-0.2, 0) is 9.53 Å². The Kier molecular flexibility index (Phi) is 6.76. The standard InChI is InChI=1S/C25H19I2NO3/c1-15(2)30-23-20(26)12-16(13-21(23)27)14-22-25(29)31-24(28-22)19-10-8-18(9-11-19)17-6-4-3-5-7-17/h3-15H,1-2H3/b22-14-. The van der Waals surface area contributed by atoms with Crippen molar-refractivity contribution in [2.24, 2.45) is 4.99 Å². The molecule has 31 heavy (non-hydrogen) atoms. The first-order valence-corrected chi connectivity index (χ1v) is 11.9. The number of carbonyl (C=O) groups excluding carboxylic acids is 1. The van der Waals surface area contributed by atoms with Crippen molar-refractivity contribution >= 4 is 63.1 Å². The number of ether oxygens (including phenoxy) is 2. The van der Waals surface area contributed by atoms with Crippen molar-refractivity contribution in [1.29, 1.82) is 0 Å². The van der Waals surface area contributed by atoms with Gasteiger partial charge in [0.2, 0.25) is 5.90 Å². The molecule has 0 aromatic heterocycles. The molecule has 3 aromatic rings. The first-order chi connectivity index (χ1) is 14.9. The molecule has 6 heteroatoms. The van der Waals surface area contributed by atoms with E-state index < -0.39 is 5.97 Å². The highest BCUT2D eigenvalue weighted by Crippen LogP contribution is 2.31. The lowest BCUT2D eigenvalue weighted by Gasteiger charge is -2.14. The van der Waals surface area contributed by atoms with E-state index in [4.69, 9.17) is 9.47 Å². The summed E-state index contributed by atoms with van der Waals surface area (Å²) in [4.78, 5) is 16.8. The Morgan fingerprint density at radius 1 is 0.903 bits per heavy atom. The second-order valence-corrected chi connectivity index (χ2v) is 9.58. The van der Waals surface area contributed by atoms with Crippen molar-refractivity contribution in [3.8, 4) is 16.9 Å². The van der Waals surface area contributed by atoms with E-state index >= 15 is 0 Å². The van der Waals surface area contributed by atoms with Gasteiger partial charge in [0.1, 0.15) is 5.75 Å². The topological polar surface area (TPSA) is 47.9 Å². The van der Waals surface area contributed by atoms with Crippen LogP contribution in [0.5, 0.6) is 5.75 Å². The van der Waals surface area contributed by atoms with Crippen LogP contribution >= 0.6 is 45.2 Å². The van der Waals surface area contributed by atoms with Crippen molar-refractivity contribution in [3.63, 3.8) is 0 Å². The third kappa shape index (κ3) is 5.17. The fraction of sp³-hybridized carbons (Fsp3) is 0.120. The minimum absolute atomic E-state index is 0.0940. The van der Waals surface area contributed by atoms with Crippen molar-refractivity contribution in [2.75, 3.05) is 0 Å². The second-order valence-electron chi connectivity index (χ2n) is 7.26. The molecule has 0 aliphatic carbocycles. The molecule has 0 atom stereocenters. The monoisotopic (exact) mass is 635 g/mol. The highest BCUT2D eigenvalue weighted by atomic mass is 127. The predicted octanol–water partition coefficient (Wildman–Crippen LogP) is 6.69. The quantitative estimate of drug-likeness (QED) is 0.178. The summed E-state index contributed by atoms with van der Waals surface area (Å²) in [5.41, 5.74) is 4.15. The normalized spacial score (nSPS) is 14.7. The zero-order valence-electron chi connectivity index (χ0n) is 16.9. The fourth-order valence-electron chi connectivity index (χ4n) is 3.14. The molecule has 0 unspecified atom stereocenters. The van der Waals surface area contributed by atoms with E-state index in [0.29, 0.717) is 5.90 Å². The molecule has 0 saturated carbocycles. The van der Waals surface area contributed by atoms with E-state index in [1.54, 1.807) is 6.08 Å². The molecule has 3 aromatic carbocycles. The van der Waals surface area contributed by atoms with Gasteiger partial charge in [-0.05, 0) is 106 Å². The Hall–Kier alpha value is -2.20. The van der Waals surface area contributed by atoms with E-state index in [2.05, 4.69) is 62.3 Å². The number of halogens is 2. The van der Waals surface area contributed by atoms with Gasteiger partial charge in [0.25, 0.3) is 0 Å². The first kappa shape index (κ1) is 22.0. The zero-order valence-corrected chi connectivity index (χ0v) is 21.2. The molecule has 0 saturated heterocycles. The van der Waals surface area contributed by atoms with E-state index in [-0.39, 0.29) is 11.8 Å². The predicted molar refractivity (Wildman–Crippen MR) is 140 cm³/mol. The first-order valence-electron chi connectivity index (χ1n) is 9.75. The molecule has 0 bridgehead atoms. The summed E-state index contributed by atoms with van der Waals surface area (Å²) in [5, 5.41) is 0. The number of nitrogens with zero attached hydrogens (tertiary/aromatic N) is 1. The van der Waals surface area contributed by atoms with Crippen LogP contribution in [0.4, 0.5) is 0 Å². The summed E-state index contributed by atoms with van der Waals surface area (Å²) in [6.45, 7) is 4.00. The van der Waals surface area contributed by atoms with Gasteiger partial charge in [-0.3, -0.25) is 0 Å². The molecule has 0 amide bonds. The number of esters is 1. The minimum Gasteiger partial charge on any atom is -0.489 e. The van der Waals surface area contributed by atoms with Crippen LogP contribution in [0, 0.1) is 7.14 Å². The van der Waals surface area contributed by atoms with Gasteiger partial charge in [0.05, 0.1) is 13.2 Å². The van der Waals surface area contributed by atoms with Crippen LogP contribution in [0.25, 0.3) is 17.2 Å². The van der Waals surface area contributed by atoms with Gasteiger partial charge in [-0.25, -0.2) is 9.79 Å². The number of aliphatic imine (C=N–C) groups is 1. The van der Waals surface area contributed by atoms with Crippen molar-refractivity contribution in [1.82, 2.24) is 0 Å². The molecule has 0 N–H and O–H groups in total. The molecule has 156 valence electrons. The van der Waals surface area contributed by atoms with E-state index in [1.807, 2.05) is 68.4 Å². The highest BCUT2D eigenvalue weighted by molar-refractivity contribution is 14.1. The number of hydrogen-bond acceptors (Lipinski definition) is 4. The highest BCUT2D eigenvalue weighted by Gasteiger charge is 2.24. The van der Waals surface area contributed by atoms with Crippen molar-refractivity contribution in [3.05, 3.63) is 90.7 Å². The van der Waals surface area contributed by atoms with E-state index in [9.17, 15) is 4.79 Å². The SMILES string of the molecule is CC(C)Oc1c(I)cc(/C=C2\N=C(c3ccc(-c4ccccc4)cc3)OC2=O)cc1I. The molecule has 0 spiro atoms. The molecular weight excluding hydrogens is 616 g/mol. The summed E-state index contributed by atoms with van der Waals surface area (Å²) in [6.07, 6.45) is 1.84. The van der Waals surface area contributed by atoms with Gasteiger partial charge in [0, 0.05) is 5.56 Å². The van der Waals surface area contributed by atoms with Crippen LogP contribution < -0.4 is 4.74 Å². The third-order valence-electron chi connectivity index (χ3n) is 4.54. The second kappa shape index (κ2) is 9.52. The van der Waals surface area contributed by atoms with Crippen LogP contribution in [0.15, 0.2) is 77.4 Å². The average Bonchev–Trinajstić information content (AvgIpc) is 3.11. The zero-order chi connectivity index (χ0) is 22.0. The molecule has 1 aliphatic rings. The largest absolute Gasteiger partial charge is 0.489 e. The summed E-state index contributed by atoms with van der Waals surface area (Å²) >= 11 is 4.49. The fourth-order valence-corrected chi connectivity index (χ4v) is 5.21. The lowest BCUT2D eigenvalue weighted by atomic mass is 10.0. The Morgan fingerprint density at radius 3 is 2.10 bits per heavy atom. The molecular formula is C25H19I2NO3. The average molecular weight is 635 g/mol. The van der Waals surface area contributed by atoms with Gasteiger partial charge in [-0.1, -0.05) is 42.5 Å². The van der Waals surface area contributed by atoms with Gasteiger partial charge in [0.15, 0.2) is 5.70 Å². The summed E-state index contributed by atoms with van der Waals surface area (Å²) in [5.74, 6) is 0.727. The smallest absolute Gasteiger partial charge is 0.363 e. The Balaban J connectivity index is 1.59. The number of benzene rings is 3. The lowest BCUT2D eigenvalue weighted by molar-refractivity contribution is -0.129. The maximum atomic E-state index is 12.4. The summed E-state index contributed by atoms with van der Waals surface area (Å²) in [7, 11) is 0. The third-order valence-corrected chi connectivity index (χ3v) is 6.14. The van der Waals surface area contributed by atoms with Crippen LogP contribution in [0.2, 0.25) is 0 Å². The van der Waals surface area contributed by atoms with Crippen molar-refractivity contribution in [2.45, 2.75) is 20.0 Å². The number of cyclic esters (lactones) is 1. The van der Waals surface area contributed by atoms with Gasteiger partial charge >= 0.3 is 5.97 Å². The van der Waals surface area contributed by atoms with Gasteiger partial charge in [-0.15, -0.1) is 0 Å². The van der Waals surface area contributed by atoms with E-state index in [1.165, 1.54) is 0 Å². The van der Waals surface area contributed by atoms with Gasteiger partial charge in [-0.2, -0.15) is 0 Å². The molecule has 0 fully saturated rings.